The van der Waals surface area contributed by atoms with E-state index in [1.807, 2.05) is 66.7 Å². The molecule has 0 atom stereocenters. The molecule has 1 N–H and O–H groups in total. The summed E-state index contributed by atoms with van der Waals surface area (Å²) < 4.78 is 5.65. The maximum absolute atomic E-state index is 13.5. The van der Waals surface area contributed by atoms with Crippen LogP contribution in [0.4, 0.5) is 5.69 Å². The van der Waals surface area contributed by atoms with Crippen molar-refractivity contribution in [3.63, 3.8) is 0 Å². The molecule has 194 valence electrons. The van der Waals surface area contributed by atoms with Crippen LogP contribution in [0.25, 0.3) is 11.1 Å². The number of carbonyl (C=O) groups excluding carboxylic acids is 1. The molecule has 1 heterocycles. The van der Waals surface area contributed by atoms with Crippen molar-refractivity contribution in [2.45, 2.75) is 51.0 Å². The number of aryl methyl sites for hydroxylation is 1. The molecule has 0 spiro atoms. The number of piperidine rings is 1. The van der Waals surface area contributed by atoms with Gasteiger partial charge in [-0.3, -0.25) is 4.79 Å². The Bertz CT molecular complexity index is 1360. The number of hydrogen-bond acceptors (Lipinski definition) is 5. The molecule has 1 fully saturated rings. The molecule has 0 radical (unpaired) electrons. The van der Waals surface area contributed by atoms with Crippen molar-refractivity contribution in [2.24, 2.45) is 0 Å². The van der Waals surface area contributed by atoms with Gasteiger partial charge in [0.1, 0.15) is 5.75 Å². The number of nitrogens with zero attached hydrogens (tertiary/aromatic N) is 3. The molecule has 1 amide bonds. The van der Waals surface area contributed by atoms with E-state index < -0.39 is 5.41 Å². The third-order valence-electron chi connectivity index (χ3n) is 7.53. The number of nitrogens with one attached hydrogen (secondary N) is 1. The van der Waals surface area contributed by atoms with Crippen LogP contribution in [0.3, 0.4) is 0 Å². The average molecular weight is 507 g/mol. The zero-order chi connectivity index (χ0) is 27.1. The molecule has 3 aromatic rings. The second-order valence-electron chi connectivity index (χ2n) is 10.1. The smallest absolute Gasteiger partial charge is 0.255 e. The Labute approximate surface area is 225 Å². The lowest BCUT2D eigenvalue weighted by atomic mass is 9.73. The lowest BCUT2D eigenvalue weighted by molar-refractivity contribution is 0.102. The molecular weight excluding hydrogens is 472 g/mol. The van der Waals surface area contributed by atoms with Crippen molar-refractivity contribution in [2.75, 3.05) is 25.5 Å². The van der Waals surface area contributed by atoms with E-state index >= 15 is 0 Å². The van der Waals surface area contributed by atoms with Crippen LogP contribution < -0.4 is 10.1 Å². The van der Waals surface area contributed by atoms with Gasteiger partial charge in [-0.1, -0.05) is 42.5 Å². The van der Waals surface area contributed by atoms with Gasteiger partial charge in [0.05, 0.1) is 24.7 Å². The van der Waals surface area contributed by atoms with E-state index in [1.54, 1.807) is 7.11 Å². The Morgan fingerprint density at radius 2 is 1.76 bits per heavy atom. The van der Waals surface area contributed by atoms with Crippen molar-refractivity contribution < 1.29 is 9.53 Å². The second-order valence-corrected chi connectivity index (χ2v) is 10.1. The summed E-state index contributed by atoms with van der Waals surface area (Å²) in [7, 11) is 1.61. The first-order valence-electron chi connectivity index (χ1n) is 13.1. The third-order valence-corrected chi connectivity index (χ3v) is 7.53. The molecule has 1 saturated heterocycles. The fourth-order valence-electron chi connectivity index (χ4n) is 5.24. The van der Waals surface area contributed by atoms with Gasteiger partial charge in [0.2, 0.25) is 0 Å². The van der Waals surface area contributed by atoms with E-state index in [9.17, 15) is 15.3 Å². The van der Waals surface area contributed by atoms with Crippen LogP contribution >= 0.6 is 0 Å². The van der Waals surface area contributed by atoms with Crippen molar-refractivity contribution in [1.29, 1.82) is 10.5 Å². The van der Waals surface area contributed by atoms with Crippen LogP contribution in [-0.2, 0) is 11.8 Å². The predicted octanol–water partition coefficient (Wildman–Crippen LogP) is 6.34. The number of anilines is 1. The summed E-state index contributed by atoms with van der Waals surface area (Å²) in [6, 6.07) is 26.5. The first-order chi connectivity index (χ1) is 18.4. The van der Waals surface area contributed by atoms with Crippen molar-refractivity contribution in [1.82, 2.24) is 4.90 Å². The minimum atomic E-state index is -0.674. The second kappa shape index (κ2) is 11.9. The molecule has 6 nitrogen and oxygen atoms in total. The quantitative estimate of drug-likeness (QED) is 0.385. The van der Waals surface area contributed by atoms with Gasteiger partial charge in [-0.25, -0.2) is 0 Å². The maximum Gasteiger partial charge on any atom is 0.255 e. The Kier molecular flexibility index (Phi) is 8.46. The third kappa shape index (κ3) is 5.72. The summed E-state index contributed by atoms with van der Waals surface area (Å²) in [5.74, 6) is 0.416. The number of benzene rings is 3. The Hall–Kier alpha value is -4.13. The van der Waals surface area contributed by atoms with Crippen LogP contribution in [-0.4, -0.2) is 37.0 Å². The number of amides is 1. The van der Waals surface area contributed by atoms with E-state index in [4.69, 9.17) is 4.74 Å². The first kappa shape index (κ1) is 26.9. The summed E-state index contributed by atoms with van der Waals surface area (Å²) in [5, 5.41) is 22.5. The zero-order valence-corrected chi connectivity index (χ0v) is 22.3. The highest BCUT2D eigenvalue weighted by Crippen LogP contribution is 2.41. The van der Waals surface area contributed by atoms with Crippen molar-refractivity contribution in [3.05, 3.63) is 83.4 Å². The minimum Gasteiger partial charge on any atom is -0.496 e. The molecule has 3 aromatic carbocycles. The van der Waals surface area contributed by atoms with Gasteiger partial charge in [0.15, 0.2) is 0 Å². The SMILES string of the molecule is COc1ccc(NC(=O)c2ccc(-c3ccccc3)cc2CCC#N)cc1C1(C#N)CCN(C(C)C)CC1. The summed E-state index contributed by atoms with van der Waals surface area (Å²) in [4.78, 5) is 15.8. The van der Waals surface area contributed by atoms with Gasteiger partial charge >= 0.3 is 0 Å². The molecule has 0 unspecified atom stereocenters. The summed E-state index contributed by atoms with van der Waals surface area (Å²) >= 11 is 0. The normalized spacial score (nSPS) is 14.9. The monoisotopic (exact) mass is 506 g/mol. The molecule has 1 aliphatic heterocycles. The topological polar surface area (TPSA) is 89.1 Å². The van der Waals surface area contributed by atoms with Crippen molar-refractivity contribution >= 4 is 11.6 Å². The standard InChI is InChI=1S/C32H34N4O2/c1-23(2)36-18-15-32(22-34,16-19-36)29-21-27(12-14-30(29)38-3)35-31(37)28-13-11-25(20-26(28)10-7-17-33)24-8-5-4-6-9-24/h4-6,8-9,11-14,20-21,23H,7,10,15-16,18-19H2,1-3H3,(H,35,37). The van der Waals surface area contributed by atoms with Gasteiger partial charge < -0.3 is 15.0 Å². The Morgan fingerprint density at radius 1 is 1.03 bits per heavy atom. The van der Waals surface area contributed by atoms with Gasteiger partial charge in [-0.05, 0) is 74.1 Å². The highest BCUT2D eigenvalue weighted by molar-refractivity contribution is 6.05. The lowest BCUT2D eigenvalue weighted by Crippen LogP contribution is -2.44. The maximum atomic E-state index is 13.5. The molecule has 4 rings (SSSR count). The number of hydrogen-bond donors (Lipinski definition) is 1. The van der Waals surface area contributed by atoms with Crippen LogP contribution in [0.15, 0.2) is 66.7 Å². The van der Waals surface area contributed by atoms with E-state index in [0.29, 0.717) is 48.7 Å². The predicted molar refractivity (Wildman–Crippen MR) is 150 cm³/mol. The number of likely N-dealkylation sites (tertiary alicyclic amines) is 1. The van der Waals surface area contributed by atoms with Crippen molar-refractivity contribution in [3.8, 4) is 29.0 Å². The van der Waals surface area contributed by atoms with Crippen LogP contribution in [0.2, 0.25) is 0 Å². The van der Waals surface area contributed by atoms with Crippen LogP contribution in [0, 0.1) is 22.7 Å². The zero-order valence-electron chi connectivity index (χ0n) is 22.3. The molecule has 0 aliphatic carbocycles. The number of rotatable bonds is 8. The van der Waals surface area contributed by atoms with Gasteiger partial charge in [-0.15, -0.1) is 0 Å². The highest BCUT2D eigenvalue weighted by Gasteiger charge is 2.39. The van der Waals surface area contributed by atoms with Gasteiger partial charge in [0, 0.05) is 42.4 Å². The highest BCUT2D eigenvalue weighted by atomic mass is 16.5. The van der Waals surface area contributed by atoms with Gasteiger partial charge in [0.25, 0.3) is 5.91 Å². The van der Waals surface area contributed by atoms with Crippen LogP contribution in [0.1, 0.15) is 54.6 Å². The fourth-order valence-corrected chi connectivity index (χ4v) is 5.24. The van der Waals surface area contributed by atoms with E-state index in [2.05, 4.69) is 36.2 Å². The molecule has 0 aromatic heterocycles. The minimum absolute atomic E-state index is 0.241. The molecule has 0 bridgehead atoms. The first-order valence-corrected chi connectivity index (χ1v) is 13.1. The summed E-state index contributed by atoms with van der Waals surface area (Å²) in [5.41, 5.74) is 4.18. The average Bonchev–Trinajstić information content (AvgIpc) is 2.96. The molecular formula is C32H34N4O2. The molecule has 1 aliphatic rings. The van der Waals surface area contributed by atoms with E-state index in [1.165, 1.54) is 0 Å². The number of carbonyl (C=O) groups is 1. The molecule has 38 heavy (non-hydrogen) atoms. The molecule has 6 heteroatoms. The largest absolute Gasteiger partial charge is 0.496 e. The summed E-state index contributed by atoms with van der Waals surface area (Å²) in [6.45, 7) is 6.02. The number of ether oxygens (including phenoxy) is 1. The summed E-state index contributed by atoms with van der Waals surface area (Å²) in [6.07, 6.45) is 2.21. The van der Waals surface area contributed by atoms with E-state index in [-0.39, 0.29) is 5.91 Å². The van der Waals surface area contributed by atoms with Gasteiger partial charge in [-0.2, -0.15) is 10.5 Å². The fraction of sp³-hybridized carbons (Fsp3) is 0.344. The number of methoxy groups -OCH3 is 1. The Morgan fingerprint density at radius 3 is 2.39 bits per heavy atom. The van der Waals surface area contributed by atoms with E-state index in [0.717, 1.165) is 35.3 Å². The number of nitriles is 2. The van der Waals surface area contributed by atoms with Crippen LogP contribution in [0.5, 0.6) is 5.75 Å². The molecule has 0 saturated carbocycles. The lowest BCUT2D eigenvalue weighted by Gasteiger charge is -2.40. The Balaban J connectivity index is 1.63.